The standard InChI is InChI=1S/C20H24N4O6/c21-10-3-1-2-4-11-22-20(29)30-14-7-5-6-12-16(14)19(28)24(18(12)27)13-8-9-15(25)23-17(13)26/h5-7,13H,1-4,8-11,21H2,(H,22,29)(H,23,25,26). The molecule has 0 aromatic heterocycles. The fourth-order valence-electron chi connectivity index (χ4n) is 3.52. The molecule has 0 spiro atoms. The summed E-state index contributed by atoms with van der Waals surface area (Å²) < 4.78 is 5.26. The van der Waals surface area contributed by atoms with Crippen LogP contribution in [0.2, 0.25) is 0 Å². The van der Waals surface area contributed by atoms with Gasteiger partial charge in [0, 0.05) is 13.0 Å². The van der Waals surface area contributed by atoms with Crippen LogP contribution >= 0.6 is 0 Å². The summed E-state index contributed by atoms with van der Waals surface area (Å²) in [5.74, 6) is -2.58. The van der Waals surface area contributed by atoms with Crippen molar-refractivity contribution in [2.75, 3.05) is 13.1 Å². The van der Waals surface area contributed by atoms with Crippen molar-refractivity contribution in [2.45, 2.75) is 44.6 Å². The number of carbonyl (C=O) groups excluding carboxylic acids is 5. The van der Waals surface area contributed by atoms with E-state index in [-0.39, 0.29) is 29.7 Å². The Hall–Kier alpha value is -3.27. The van der Waals surface area contributed by atoms with Crippen molar-refractivity contribution < 1.29 is 28.7 Å². The van der Waals surface area contributed by atoms with E-state index in [0.717, 1.165) is 30.6 Å². The Morgan fingerprint density at radius 2 is 1.90 bits per heavy atom. The minimum absolute atomic E-state index is 0.0286. The summed E-state index contributed by atoms with van der Waals surface area (Å²) in [6.07, 6.45) is 2.95. The van der Waals surface area contributed by atoms with E-state index < -0.39 is 35.8 Å². The fourth-order valence-corrected chi connectivity index (χ4v) is 3.52. The number of imide groups is 2. The molecule has 30 heavy (non-hydrogen) atoms. The number of piperidine rings is 1. The first-order valence-electron chi connectivity index (χ1n) is 9.94. The topological polar surface area (TPSA) is 148 Å². The number of nitrogens with one attached hydrogen (secondary N) is 2. The summed E-state index contributed by atoms with van der Waals surface area (Å²) in [5.41, 5.74) is 5.42. The molecule has 1 unspecified atom stereocenters. The number of amides is 5. The molecule has 0 bridgehead atoms. The van der Waals surface area contributed by atoms with Crippen molar-refractivity contribution in [1.29, 1.82) is 0 Å². The zero-order chi connectivity index (χ0) is 21.7. The Labute approximate surface area is 173 Å². The molecule has 3 rings (SSSR count). The summed E-state index contributed by atoms with van der Waals surface area (Å²) in [6, 6.07) is 3.26. The summed E-state index contributed by atoms with van der Waals surface area (Å²) in [7, 11) is 0. The van der Waals surface area contributed by atoms with E-state index in [1.54, 1.807) is 0 Å². The lowest BCUT2D eigenvalue weighted by atomic mass is 10.0. The number of unbranched alkanes of at least 4 members (excludes halogenated alkanes) is 3. The highest BCUT2D eigenvalue weighted by Crippen LogP contribution is 2.33. The third kappa shape index (κ3) is 4.48. The number of hydrogen-bond acceptors (Lipinski definition) is 7. The third-order valence-corrected chi connectivity index (χ3v) is 5.03. The highest BCUT2D eigenvalue weighted by Gasteiger charge is 2.46. The molecule has 1 fully saturated rings. The Balaban J connectivity index is 1.67. The normalized spacial score (nSPS) is 18.3. The molecule has 5 amide bonds. The van der Waals surface area contributed by atoms with Crippen LogP contribution < -0.4 is 21.1 Å². The van der Waals surface area contributed by atoms with Gasteiger partial charge in [0.15, 0.2) is 0 Å². The molecule has 4 N–H and O–H groups in total. The van der Waals surface area contributed by atoms with Gasteiger partial charge in [0.1, 0.15) is 11.8 Å². The molecule has 0 saturated carbocycles. The molecular weight excluding hydrogens is 392 g/mol. The molecule has 10 nitrogen and oxygen atoms in total. The largest absolute Gasteiger partial charge is 0.412 e. The number of hydrogen-bond donors (Lipinski definition) is 3. The van der Waals surface area contributed by atoms with Crippen LogP contribution in [0.4, 0.5) is 4.79 Å². The minimum atomic E-state index is -1.08. The first kappa shape index (κ1) is 21.4. The molecule has 1 aromatic rings. The van der Waals surface area contributed by atoms with E-state index in [2.05, 4.69) is 10.6 Å². The maximum absolute atomic E-state index is 12.9. The lowest BCUT2D eigenvalue weighted by Crippen LogP contribution is -2.54. The molecule has 10 heteroatoms. The number of nitrogens with zero attached hydrogens (tertiary/aromatic N) is 1. The molecule has 1 aromatic carbocycles. The van der Waals surface area contributed by atoms with Crippen LogP contribution in [0.25, 0.3) is 0 Å². The minimum Gasteiger partial charge on any atom is -0.409 e. The summed E-state index contributed by atoms with van der Waals surface area (Å²) >= 11 is 0. The smallest absolute Gasteiger partial charge is 0.409 e. The van der Waals surface area contributed by atoms with Gasteiger partial charge in [-0.2, -0.15) is 0 Å². The molecule has 160 valence electrons. The van der Waals surface area contributed by atoms with E-state index in [0.29, 0.717) is 13.1 Å². The maximum atomic E-state index is 12.9. The average molecular weight is 416 g/mol. The van der Waals surface area contributed by atoms with Gasteiger partial charge in [-0.3, -0.25) is 29.4 Å². The Kier molecular flexibility index (Phi) is 6.78. The molecule has 1 atom stereocenters. The molecule has 2 aliphatic rings. The number of fused-ring (bicyclic) bond motifs is 1. The third-order valence-electron chi connectivity index (χ3n) is 5.03. The second-order valence-electron chi connectivity index (χ2n) is 7.15. The van der Waals surface area contributed by atoms with Crippen LogP contribution in [-0.2, 0) is 9.59 Å². The van der Waals surface area contributed by atoms with Gasteiger partial charge in [0.2, 0.25) is 11.8 Å². The Morgan fingerprint density at radius 3 is 2.63 bits per heavy atom. The first-order chi connectivity index (χ1) is 14.4. The van der Waals surface area contributed by atoms with Crippen molar-refractivity contribution in [3.05, 3.63) is 29.3 Å². The highest BCUT2D eigenvalue weighted by molar-refractivity contribution is 6.24. The number of benzene rings is 1. The summed E-state index contributed by atoms with van der Waals surface area (Å²) in [4.78, 5) is 62.1. The lowest BCUT2D eigenvalue weighted by molar-refractivity contribution is -0.136. The number of ether oxygens (including phenoxy) is 1. The number of carbonyl (C=O) groups is 5. The van der Waals surface area contributed by atoms with Gasteiger partial charge < -0.3 is 15.8 Å². The second-order valence-corrected chi connectivity index (χ2v) is 7.15. The molecule has 2 heterocycles. The Bertz CT molecular complexity index is 884. The van der Waals surface area contributed by atoms with Gasteiger partial charge in [-0.05, 0) is 37.9 Å². The second kappa shape index (κ2) is 9.49. The van der Waals surface area contributed by atoms with Gasteiger partial charge >= 0.3 is 6.09 Å². The highest BCUT2D eigenvalue weighted by atomic mass is 16.6. The quantitative estimate of drug-likeness (QED) is 0.417. The predicted octanol–water partition coefficient (Wildman–Crippen LogP) is 0.695. The van der Waals surface area contributed by atoms with Crippen molar-refractivity contribution in [2.24, 2.45) is 5.73 Å². The number of nitrogens with two attached hydrogens (primary N) is 1. The maximum Gasteiger partial charge on any atom is 0.412 e. The Morgan fingerprint density at radius 1 is 1.13 bits per heavy atom. The molecule has 0 radical (unpaired) electrons. The number of rotatable bonds is 8. The SMILES string of the molecule is NCCCCCCNC(=O)Oc1cccc2c1C(=O)N(C1CCC(=O)NC1=O)C2=O. The van der Waals surface area contributed by atoms with Gasteiger partial charge in [-0.15, -0.1) is 0 Å². The van der Waals surface area contributed by atoms with Crippen LogP contribution in [0.5, 0.6) is 5.75 Å². The van der Waals surface area contributed by atoms with Crippen molar-refractivity contribution >= 4 is 29.7 Å². The zero-order valence-electron chi connectivity index (χ0n) is 16.4. The van der Waals surface area contributed by atoms with Crippen LogP contribution in [0.1, 0.15) is 59.2 Å². The summed E-state index contributed by atoms with van der Waals surface area (Å²) in [5, 5.41) is 4.74. The van der Waals surface area contributed by atoms with Gasteiger partial charge in [0.05, 0.1) is 11.1 Å². The van der Waals surface area contributed by atoms with Crippen LogP contribution in [0, 0.1) is 0 Å². The molecule has 0 aliphatic carbocycles. The summed E-state index contributed by atoms with van der Waals surface area (Å²) in [6.45, 7) is 1.05. The van der Waals surface area contributed by atoms with E-state index >= 15 is 0 Å². The van der Waals surface area contributed by atoms with E-state index in [4.69, 9.17) is 10.5 Å². The van der Waals surface area contributed by atoms with Crippen molar-refractivity contribution in [3.8, 4) is 5.75 Å². The van der Waals surface area contributed by atoms with Gasteiger partial charge in [0.25, 0.3) is 11.8 Å². The van der Waals surface area contributed by atoms with Gasteiger partial charge in [-0.25, -0.2) is 4.79 Å². The predicted molar refractivity (Wildman–Crippen MR) is 105 cm³/mol. The van der Waals surface area contributed by atoms with Crippen LogP contribution in [-0.4, -0.2) is 53.8 Å². The van der Waals surface area contributed by atoms with Gasteiger partial charge in [-0.1, -0.05) is 18.9 Å². The van der Waals surface area contributed by atoms with Crippen LogP contribution in [0.15, 0.2) is 18.2 Å². The first-order valence-corrected chi connectivity index (χ1v) is 9.94. The lowest BCUT2D eigenvalue weighted by Gasteiger charge is -2.27. The molecule has 1 saturated heterocycles. The monoisotopic (exact) mass is 416 g/mol. The zero-order valence-corrected chi connectivity index (χ0v) is 16.4. The van der Waals surface area contributed by atoms with E-state index in [1.165, 1.54) is 18.2 Å². The van der Waals surface area contributed by atoms with Crippen LogP contribution in [0.3, 0.4) is 0 Å². The molecular formula is C20H24N4O6. The van der Waals surface area contributed by atoms with Crippen molar-refractivity contribution in [3.63, 3.8) is 0 Å². The molecule has 2 aliphatic heterocycles. The van der Waals surface area contributed by atoms with E-state index in [1.807, 2.05) is 0 Å². The average Bonchev–Trinajstić information content (AvgIpc) is 2.96. The van der Waals surface area contributed by atoms with E-state index in [9.17, 15) is 24.0 Å². The fraction of sp³-hybridized carbons (Fsp3) is 0.450. The van der Waals surface area contributed by atoms with Crippen molar-refractivity contribution in [1.82, 2.24) is 15.5 Å².